The highest BCUT2D eigenvalue weighted by Crippen LogP contribution is 2.34. The minimum absolute atomic E-state index is 0.0297. The monoisotopic (exact) mass is 262 g/mol. The van der Waals surface area contributed by atoms with Crippen LogP contribution < -0.4 is 15.4 Å². The molecule has 1 heterocycles. The van der Waals surface area contributed by atoms with Gasteiger partial charge in [-0.25, -0.2) is 0 Å². The summed E-state index contributed by atoms with van der Waals surface area (Å²) in [6.07, 6.45) is 1.24. The first-order chi connectivity index (χ1) is 9.02. The van der Waals surface area contributed by atoms with Gasteiger partial charge in [-0.2, -0.15) is 0 Å². The fraction of sp³-hybridized carbons (Fsp3) is 0.533. The molecular weight excluding hydrogens is 240 g/mol. The zero-order chi connectivity index (χ0) is 14.0. The highest BCUT2D eigenvalue weighted by Gasteiger charge is 2.24. The Morgan fingerprint density at radius 2 is 2.32 bits per heavy atom. The molecule has 2 N–H and O–H groups in total. The summed E-state index contributed by atoms with van der Waals surface area (Å²) in [5.41, 5.74) is 7.33. The highest BCUT2D eigenvalue weighted by molar-refractivity contribution is 6.00. The Morgan fingerprint density at radius 1 is 1.58 bits per heavy atom. The molecule has 0 saturated heterocycles. The Kier molecular flexibility index (Phi) is 4.10. The molecule has 0 bridgehead atoms. The van der Waals surface area contributed by atoms with E-state index in [4.69, 9.17) is 10.5 Å². The Bertz CT molecular complexity index is 471. The maximum atomic E-state index is 12.0. The van der Waals surface area contributed by atoms with Crippen LogP contribution in [-0.4, -0.2) is 31.0 Å². The van der Waals surface area contributed by atoms with Gasteiger partial charge in [0.15, 0.2) is 5.78 Å². The van der Waals surface area contributed by atoms with Crippen LogP contribution >= 0.6 is 0 Å². The minimum atomic E-state index is -0.471. The van der Waals surface area contributed by atoms with Gasteiger partial charge in [0.05, 0.1) is 18.3 Å². The van der Waals surface area contributed by atoms with Gasteiger partial charge in [0.1, 0.15) is 11.9 Å². The van der Waals surface area contributed by atoms with Crippen LogP contribution in [0.15, 0.2) is 18.2 Å². The fourth-order valence-corrected chi connectivity index (χ4v) is 2.42. The quantitative estimate of drug-likeness (QED) is 0.845. The molecule has 0 aromatic heterocycles. The van der Waals surface area contributed by atoms with Crippen molar-refractivity contribution < 1.29 is 9.53 Å². The Hall–Kier alpha value is -1.55. The number of fused-ring (bicyclic) bond motifs is 1. The predicted octanol–water partition coefficient (Wildman–Crippen LogP) is 2.21. The maximum absolute atomic E-state index is 12.0. The molecule has 1 aliphatic rings. The highest BCUT2D eigenvalue weighted by atomic mass is 16.5. The van der Waals surface area contributed by atoms with Gasteiger partial charge in [-0.3, -0.25) is 4.79 Å². The lowest BCUT2D eigenvalue weighted by molar-refractivity contribution is 0.0968. The van der Waals surface area contributed by atoms with E-state index in [0.29, 0.717) is 5.56 Å². The number of hydrogen-bond acceptors (Lipinski definition) is 4. The van der Waals surface area contributed by atoms with Crippen molar-refractivity contribution in [3.63, 3.8) is 0 Å². The van der Waals surface area contributed by atoms with E-state index in [0.717, 1.165) is 30.9 Å². The Balaban J connectivity index is 2.36. The molecule has 2 rings (SSSR count). The number of carbonyl (C=O) groups is 1. The van der Waals surface area contributed by atoms with Gasteiger partial charge < -0.3 is 15.4 Å². The molecule has 0 radical (unpaired) electrons. The van der Waals surface area contributed by atoms with Crippen LogP contribution in [0.3, 0.4) is 0 Å². The van der Waals surface area contributed by atoms with Crippen molar-refractivity contribution in [2.45, 2.75) is 39.3 Å². The number of rotatable bonds is 4. The van der Waals surface area contributed by atoms with Crippen molar-refractivity contribution in [2.75, 3.05) is 18.0 Å². The predicted molar refractivity (Wildman–Crippen MR) is 77.0 cm³/mol. The third-order valence-corrected chi connectivity index (χ3v) is 3.30. The maximum Gasteiger partial charge on any atom is 0.179 e. The Morgan fingerprint density at radius 3 is 2.95 bits per heavy atom. The topological polar surface area (TPSA) is 55.6 Å². The molecule has 0 saturated carbocycles. The molecule has 0 aliphatic carbocycles. The lowest BCUT2D eigenvalue weighted by atomic mass is 10.0. The van der Waals surface area contributed by atoms with E-state index in [9.17, 15) is 4.79 Å². The summed E-state index contributed by atoms with van der Waals surface area (Å²) in [5, 5.41) is 0. The third-order valence-electron chi connectivity index (χ3n) is 3.30. The molecule has 1 aliphatic heterocycles. The van der Waals surface area contributed by atoms with Crippen molar-refractivity contribution in [2.24, 2.45) is 5.73 Å². The third kappa shape index (κ3) is 2.89. The van der Waals surface area contributed by atoms with E-state index in [1.54, 1.807) is 13.0 Å². The fourth-order valence-electron chi connectivity index (χ4n) is 2.42. The molecule has 0 amide bonds. The van der Waals surface area contributed by atoms with Crippen molar-refractivity contribution in [1.82, 2.24) is 0 Å². The number of nitrogens with zero attached hydrogens (tertiary/aromatic N) is 1. The van der Waals surface area contributed by atoms with Gasteiger partial charge in [0.25, 0.3) is 0 Å². The number of Topliss-reactive ketones (excluding diaryl/α,β-unsaturated/α-hetero) is 1. The normalized spacial score (nSPS) is 19.6. The Labute approximate surface area is 114 Å². The van der Waals surface area contributed by atoms with Gasteiger partial charge in [-0.05, 0) is 38.5 Å². The van der Waals surface area contributed by atoms with Crippen molar-refractivity contribution in [1.29, 1.82) is 0 Å². The van der Waals surface area contributed by atoms with Gasteiger partial charge >= 0.3 is 0 Å². The number of ketones is 1. The van der Waals surface area contributed by atoms with Crippen LogP contribution in [-0.2, 0) is 0 Å². The van der Waals surface area contributed by atoms with Crippen LogP contribution in [0.5, 0.6) is 5.75 Å². The molecule has 2 atom stereocenters. The second kappa shape index (κ2) is 5.61. The van der Waals surface area contributed by atoms with Crippen LogP contribution in [0.1, 0.15) is 37.6 Å². The molecule has 104 valence electrons. The molecule has 0 fully saturated rings. The number of carbonyl (C=O) groups excluding carboxylic acids is 1. The molecule has 1 aromatic rings. The second-order valence-electron chi connectivity index (χ2n) is 5.21. The zero-order valence-corrected chi connectivity index (χ0v) is 11.8. The summed E-state index contributed by atoms with van der Waals surface area (Å²) in [5.74, 6) is 0.825. The van der Waals surface area contributed by atoms with Crippen LogP contribution in [0.25, 0.3) is 0 Å². The number of anilines is 1. The SMILES string of the molecule is CCCN1CC(C)Oc2ccc(C(=O)C(C)N)cc21. The number of nitrogens with two attached hydrogens (primary N) is 1. The van der Waals surface area contributed by atoms with E-state index in [2.05, 4.69) is 18.7 Å². The van der Waals surface area contributed by atoms with E-state index in [1.165, 1.54) is 0 Å². The molecule has 0 spiro atoms. The smallest absolute Gasteiger partial charge is 0.179 e. The van der Waals surface area contributed by atoms with Crippen LogP contribution in [0.4, 0.5) is 5.69 Å². The van der Waals surface area contributed by atoms with E-state index in [1.807, 2.05) is 12.1 Å². The largest absolute Gasteiger partial charge is 0.487 e. The van der Waals surface area contributed by atoms with E-state index < -0.39 is 6.04 Å². The zero-order valence-electron chi connectivity index (χ0n) is 11.8. The van der Waals surface area contributed by atoms with E-state index in [-0.39, 0.29) is 11.9 Å². The first-order valence-electron chi connectivity index (χ1n) is 6.88. The standard InChI is InChI=1S/C15H22N2O2/c1-4-7-17-9-10(2)19-14-6-5-12(8-13(14)17)15(18)11(3)16/h5-6,8,10-11H,4,7,9,16H2,1-3H3. The summed E-state index contributed by atoms with van der Waals surface area (Å²) in [6.45, 7) is 7.75. The molecule has 2 unspecified atom stereocenters. The van der Waals surface area contributed by atoms with Gasteiger partial charge in [-0.15, -0.1) is 0 Å². The minimum Gasteiger partial charge on any atom is -0.487 e. The van der Waals surface area contributed by atoms with Crippen molar-refractivity contribution >= 4 is 11.5 Å². The molecule has 1 aromatic carbocycles. The molecular formula is C15H22N2O2. The molecule has 4 heteroatoms. The number of benzene rings is 1. The van der Waals surface area contributed by atoms with Crippen LogP contribution in [0, 0.1) is 0 Å². The summed E-state index contributed by atoms with van der Waals surface area (Å²) < 4.78 is 5.82. The average Bonchev–Trinajstić information content (AvgIpc) is 2.37. The average molecular weight is 262 g/mol. The lowest BCUT2D eigenvalue weighted by Gasteiger charge is -2.35. The summed E-state index contributed by atoms with van der Waals surface area (Å²) >= 11 is 0. The molecule has 4 nitrogen and oxygen atoms in total. The number of hydrogen-bond donors (Lipinski definition) is 1. The summed E-state index contributed by atoms with van der Waals surface area (Å²) in [7, 11) is 0. The molecule has 19 heavy (non-hydrogen) atoms. The lowest BCUT2D eigenvalue weighted by Crippen LogP contribution is -2.39. The van der Waals surface area contributed by atoms with Gasteiger partial charge in [0, 0.05) is 12.1 Å². The van der Waals surface area contributed by atoms with Crippen molar-refractivity contribution in [3.8, 4) is 5.75 Å². The number of ether oxygens (including phenoxy) is 1. The summed E-state index contributed by atoms with van der Waals surface area (Å²) in [4.78, 5) is 14.3. The van der Waals surface area contributed by atoms with E-state index >= 15 is 0 Å². The van der Waals surface area contributed by atoms with Crippen molar-refractivity contribution in [3.05, 3.63) is 23.8 Å². The van der Waals surface area contributed by atoms with Crippen LogP contribution in [0.2, 0.25) is 0 Å². The summed E-state index contributed by atoms with van der Waals surface area (Å²) in [6, 6.07) is 5.11. The first kappa shape index (κ1) is 13.9. The van der Waals surface area contributed by atoms with Gasteiger partial charge in [-0.1, -0.05) is 6.92 Å². The first-order valence-corrected chi connectivity index (χ1v) is 6.88. The van der Waals surface area contributed by atoms with Gasteiger partial charge in [0.2, 0.25) is 0 Å². The second-order valence-corrected chi connectivity index (χ2v) is 5.21.